The highest BCUT2D eigenvalue weighted by Gasteiger charge is 2.42. The quantitative estimate of drug-likeness (QED) is 0.397. The molecule has 2 aliphatic heterocycles. The van der Waals surface area contributed by atoms with Gasteiger partial charge in [0.1, 0.15) is 0 Å². The number of aliphatic imine (C=N–C) groups is 1. The summed E-state index contributed by atoms with van der Waals surface area (Å²) in [7, 11) is 0. The zero-order valence-corrected chi connectivity index (χ0v) is 18.7. The smallest absolute Gasteiger partial charge is 0.193 e. The Hall–Kier alpha value is -1.28. The molecule has 6 heteroatoms. The average Bonchev–Trinajstić information content (AvgIpc) is 3.35. The van der Waals surface area contributed by atoms with Crippen LogP contribution in [0, 0.1) is 12.3 Å². The molecule has 27 heavy (non-hydrogen) atoms. The Kier molecular flexibility index (Phi) is 6.68. The summed E-state index contributed by atoms with van der Waals surface area (Å²) in [4.78, 5) is 10.9. The van der Waals surface area contributed by atoms with Crippen LogP contribution < -0.4 is 5.32 Å². The number of hydrogen-bond donors (Lipinski definition) is 2. The third kappa shape index (κ3) is 4.26. The summed E-state index contributed by atoms with van der Waals surface area (Å²) in [5.74, 6) is 1.06. The van der Waals surface area contributed by atoms with E-state index in [1.54, 1.807) is 0 Å². The number of aromatic amines is 1. The Morgan fingerprint density at radius 3 is 2.96 bits per heavy atom. The number of para-hydroxylation sites is 1. The summed E-state index contributed by atoms with van der Waals surface area (Å²) in [6.45, 7) is 10.0. The van der Waals surface area contributed by atoms with Gasteiger partial charge in [-0.15, -0.1) is 24.0 Å². The molecule has 1 spiro atoms. The van der Waals surface area contributed by atoms with E-state index in [2.05, 4.69) is 53.3 Å². The molecule has 1 aromatic heterocycles. The minimum atomic E-state index is 0. The Balaban J connectivity index is 0.00000210. The fourth-order valence-electron chi connectivity index (χ4n) is 4.44. The molecule has 148 valence electrons. The number of hydrogen-bond acceptors (Lipinski definition) is 2. The van der Waals surface area contributed by atoms with Crippen LogP contribution in [0.25, 0.3) is 10.9 Å². The summed E-state index contributed by atoms with van der Waals surface area (Å²) in [5.41, 5.74) is 4.24. The van der Waals surface area contributed by atoms with Crippen molar-refractivity contribution in [3.05, 3.63) is 35.5 Å². The number of aromatic nitrogens is 1. The van der Waals surface area contributed by atoms with Crippen molar-refractivity contribution in [2.45, 2.75) is 33.1 Å². The number of aryl methyl sites for hydroxylation is 1. The van der Waals surface area contributed by atoms with Gasteiger partial charge in [0.15, 0.2) is 5.96 Å². The molecule has 0 radical (unpaired) electrons. The molecule has 2 aliphatic rings. The molecule has 2 aromatic rings. The highest BCUT2D eigenvalue weighted by molar-refractivity contribution is 14.0. The second kappa shape index (κ2) is 8.82. The monoisotopic (exact) mass is 482 g/mol. The summed E-state index contributed by atoms with van der Waals surface area (Å²) >= 11 is 0. The number of fused-ring (bicyclic) bond motifs is 1. The Morgan fingerprint density at radius 1 is 1.33 bits per heavy atom. The molecule has 4 rings (SSSR count). The van der Waals surface area contributed by atoms with Crippen molar-refractivity contribution >= 4 is 40.8 Å². The molecular formula is C21H31IN4O. The van der Waals surface area contributed by atoms with E-state index < -0.39 is 0 Å². The lowest BCUT2D eigenvalue weighted by atomic mass is 9.87. The summed E-state index contributed by atoms with van der Waals surface area (Å²) < 4.78 is 5.66. The van der Waals surface area contributed by atoms with Gasteiger partial charge < -0.3 is 19.9 Å². The van der Waals surface area contributed by atoms with E-state index >= 15 is 0 Å². The first kappa shape index (κ1) is 20.5. The lowest BCUT2D eigenvalue weighted by Gasteiger charge is -2.25. The largest absolute Gasteiger partial charge is 0.381 e. The van der Waals surface area contributed by atoms with Crippen LogP contribution in [0.5, 0.6) is 0 Å². The number of ether oxygens (including phenoxy) is 1. The first-order valence-electron chi connectivity index (χ1n) is 9.88. The fraction of sp³-hybridized carbons (Fsp3) is 0.571. The average molecular weight is 482 g/mol. The van der Waals surface area contributed by atoms with Crippen LogP contribution in [0.3, 0.4) is 0 Å². The molecule has 1 atom stereocenters. The van der Waals surface area contributed by atoms with Crippen LogP contribution in [-0.2, 0) is 11.2 Å². The van der Waals surface area contributed by atoms with Gasteiger partial charge in [-0.3, -0.25) is 4.99 Å². The van der Waals surface area contributed by atoms with Gasteiger partial charge in [-0.05, 0) is 44.7 Å². The topological polar surface area (TPSA) is 52.7 Å². The van der Waals surface area contributed by atoms with Crippen molar-refractivity contribution in [3.63, 3.8) is 0 Å². The zero-order chi connectivity index (χ0) is 18.0. The van der Waals surface area contributed by atoms with E-state index in [0.29, 0.717) is 5.41 Å². The molecule has 2 fully saturated rings. The number of rotatable bonds is 4. The molecular weight excluding hydrogens is 451 g/mol. The van der Waals surface area contributed by atoms with Crippen molar-refractivity contribution in [2.24, 2.45) is 10.4 Å². The van der Waals surface area contributed by atoms with Crippen LogP contribution >= 0.6 is 24.0 Å². The molecule has 5 nitrogen and oxygen atoms in total. The molecule has 0 aliphatic carbocycles. The van der Waals surface area contributed by atoms with Crippen molar-refractivity contribution in [1.29, 1.82) is 0 Å². The van der Waals surface area contributed by atoms with Crippen molar-refractivity contribution in [2.75, 3.05) is 39.4 Å². The minimum absolute atomic E-state index is 0. The second-order valence-corrected chi connectivity index (χ2v) is 7.73. The lowest BCUT2D eigenvalue weighted by molar-refractivity contribution is 0.156. The maximum absolute atomic E-state index is 5.66. The number of nitrogens with one attached hydrogen (secondary N) is 2. The molecule has 1 unspecified atom stereocenters. The number of halogens is 1. The number of H-pyrrole nitrogens is 1. The van der Waals surface area contributed by atoms with E-state index in [9.17, 15) is 0 Å². The lowest BCUT2D eigenvalue weighted by Crippen LogP contribution is -2.41. The molecule has 0 saturated carbocycles. The van der Waals surface area contributed by atoms with Crippen molar-refractivity contribution in [3.8, 4) is 0 Å². The van der Waals surface area contributed by atoms with Gasteiger partial charge in [0.2, 0.25) is 0 Å². The number of nitrogens with zero attached hydrogens (tertiary/aromatic N) is 2. The van der Waals surface area contributed by atoms with Gasteiger partial charge in [0.05, 0.1) is 6.61 Å². The number of guanidine groups is 1. The van der Waals surface area contributed by atoms with Gasteiger partial charge in [0.25, 0.3) is 0 Å². The summed E-state index contributed by atoms with van der Waals surface area (Å²) in [5, 5.41) is 4.82. The van der Waals surface area contributed by atoms with Crippen LogP contribution in [0.2, 0.25) is 0 Å². The molecule has 1 aromatic carbocycles. The second-order valence-electron chi connectivity index (χ2n) is 7.73. The predicted molar refractivity (Wildman–Crippen MR) is 122 cm³/mol. The number of likely N-dealkylation sites (tertiary alicyclic amines) is 1. The maximum atomic E-state index is 5.66. The molecule has 3 heterocycles. The Morgan fingerprint density at radius 2 is 2.19 bits per heavy atom. The maximum Gasteiger partial charge on any atom is 0.193 e. The normalized spacial score (nSPS) is 22.6. The molecule has 0 amide bonds. The van der Waals surface area contributed by atoms with Crippen LogP contribution in [0.4, 0.5) is 0 Å². The van der Waals surface area contributed by atoms with E-state index in [4.69, 9.17) is 9.73 Å². The predicted octanol–water partition coefficient (Wildman–Crippen LogP) is 3.71. The van der Waals surface area contributed by atoms with Crippen LogP contribution in [-0.4, -0.2) is 55.2 Å². The highest BCUT2D eigenvalue weighted by atomic mass is 127. The van der Waals surface area contributed by atoms with Crippen LogP contribution in [0.15, 0.2) is 29.3 Å². The first-order chi connectivity index (χ1) is 12.7. The minimum Gasteiger partial charge on any atom is -0.381 e. The van der Waals surface area contributed by atoms with E-state index in [-0.39, 0.29) is 24.0 Å². The third-order valence-corrected chi connectivity index (χ3v) is 5.91. The number of benzene rings is 1. The van der Waals surface area contributed by atoms with Crippen LogP contribution in [0.1, 0.15) is 31.0 Å². The van der Waals surface area contributed by atoms with Crippen molar-refractivity contribution < 1.29 is 4.74 Å². The van der Waals surface area contributed by atoms with Gasteiger partial charge in [-0.25, -0.2) is 0 Å². The zero-order valence-electron chi connectivity index (χ0n) is 16.4. The van der Waals surface area contributed by atoms with E-state index in [1.165, 1.54) is 35.0 Å². The van der Waals surface area contributed by atoms with Crippen molar-refractivity contribution in [1.82, 2.24) is 15.2 Å². The standard InChI is InChI=1S/C21H30N4O.HI/c1-3-22-20(25-12-9-21(14-25)10-13-26-15-21)23-11-8-17-16(2)24-19-7-5-4-6-18(17)19;/h4-7,24H,3,8-15H2,1-2H3,(H,22,23);1H. The third-order valence-electron chi connectivity index (χ3n) is 5.91. The Bertz CT molecular complexity index is 795. The van der Waals surface area contributed by atoms with E-state index in [1.807, 2.05) is 0 Å². The molecule has 2 N–H and O–H groups in total. The molecule has 2 saturated heterocycles. The first-order valence-corrected chi connectivity index (χ1v) is 9.88. The van der Waals surface area contributed by atoms with E-state index in [0.717, 1.165) is 51.8 Å². The highest BCUT2D eigenvalue weighted by Crippen LogP contribution is 2.38. The van der Waals surface area contributed by atoms with Gasteiger partial charge in [-0.1, -0.05) is 18.2 Å². The summed E-state index contributed by atoms with van der Waals surface area (Å²) in [6.07, 6.45) is 3.38. The Labute approximate surface area is 179 Å². The van der Waals surface area contributed by atoms with Gasteiger partial charge in [-0.2, -0.15) is 0 Å². The molecule has 0 bridgehead atoms. The fourth-order valence-corrected chi connectivity index (χ4v) is 4.44. The van der Waals surface area contributed by atoms with Gasteiger partial charge in [0, 0.05) is 54.8 Å². The summed E-state index contributed by atoms with van der Waals surface area (Å²) in [6, 6.07) is 8.54. The SMILES string of the molecule is CCNC(=NCCc1c(C)[nH]c2ccccc12)N1CCC2(CCOC2)C1.I. The van der Waals surface area contributed by atoms with Gasteiger partial charge >= 0.3 is 0 Å².